The highest BCUT2D eigenvalue weighted by Crippen LogP contribution is 2.26. The van der Waals surface area contributed by atoms with Crippen LogP contribution < -0.4 is 10.2 Å². The molecule has 1 aromatic heterocycles. The number of aromatic nitrogens is 1. The maximum atomic E-state index is 10.9. The van der Waals surface area contributed by atoms with E-state index in [1.165, 1.54) is 18.3 Å². The van der Waals surface area contributed by atoms with E-state index < -0.39 is 5.97 Å². The summed E-state index contributed by atoms with van der Waals surface area (Å²) in [5.74, 6) is -0.458. The van der Waals surface area contributed by atoms with E-state index in [1.807, 2.05) is 43.3 Å². The smallest absolute Gasteiger partial charge is 0.335 e. The molecule has 0 bridgehead atoms. The summed E-state index contributed by atoms with van der Waals surface area (Å²) in [4.78, 5) is 17.0. The first-order valence-corrected chi connectivity index (χ1v) is 5.80. The van der Waals surface area contributed by atoms with Gasteiger partial charge in [0.25, 0.3) is 0 Å². The van der Waals surface area contributed by atoms with Crippen LogP contribution in [0.5, 0.6) is 0 Å². The third-order valence-corrected chi connectivity index (χ3v) is 2.66. The number of carboxylic acid groups (broad SMARTS) is 1. The highest BCUT2D eigenvalue weighted by Gasteiger charge is 2.07. The molecule has 0 fully saturated rings. The maximum Gasteiger partial charge on any atom is 0.335 e. The molecule has 1 heterocycles. The topological polar surface area (TPSA) is 65.5 Å². The molecule has 0 aliphatic carbocycles. The van der Waals surface area contributed by atoms with Crippen molar-refractivity contribution in [2.24, 2.45) is 0 Å². The van der Waals surface area contributed by atoms with E-state index in [0.29, 0.717) is 5.82 Å². The van der Waals surface area contributed by atoms with E-state index in [9.17, 15) is 4.79 Å². The van der Waals surface area contributed by atoms with Gasteiger partial charge in [0.05, 0.1) is 16.9 Å². The van der Waals surface area contributed by atoms with Gasteiger partial charge in [0.15, 0.2) is 0 Å². The number of carbonyl (C=O) groups is 1. The number of aromatic carboxylic acids is 1. The quantitative estimate of drug-likeness (QED) is 0.881. The molecule has 19 heavy (non-hydrogen) atoms. The first kappa shape index (κ1) is 12.9. The van der Waals surface area contributed by atoms with E-state index in [2.05, 4.69) is 10.3 Å². The van der Waals surface area contributed by atoms with Crippen LogP contribution in [0.2, 0.25) is 0 Å². The molecule has 0 atom stereocenters. The van der Waals surface area contributed by atoms with Gasteiger partial charge in [-0.15, -0.1) is 0 Å². The Kier molecular flexibility index (Phi) is 3.66. The van der Waals surface area contributed by atoms with Crippen LogP contribution in [0.15, 0.2) is 42.6 Å². The van der Waals surface area contributed by atoms with Gasteiger partial charge < -0.3 is 15.3 Å². The first-order chi connectivity index (χ1) is 9.08. The van der Waals surface area contributed by atoms with Crippen molar-refractivity contribution in [3.05, 3.63) is 48.2 Å². The first-order valence-electron chi connectivity index (χ1n) is 5.80. The van der Waals surface area contributed by atoms with Crippen LogP contribution in [0.3, 0.4) is 0 Å². The number of pyridine rings is 1. The number of nitrogens with one attached hydrogen (secondary N) is 1. The van der Waals surface area contributed by atoms with Crippen LogP contribution >= 0.6 is 0 Å². The lowest BCUT2D eigenvalue weighted by Crippen LogP contribution is -2.11. The normalized spacial score (nSPS) is 10.0. The minimum atomic E-state index is -0.966. The molecule has 2 N–H and O–H groups in total. The fourth-order valence-electron chi connectivity index (χ4n) is 1.74. The zero-order valence-corrected chi connectivity index (χ0v) is 10.8. The Morgan fingerprint density at radius 3 is 2.68 bits per heavy atom. The van der Waals surface area contributed by atoms with Crippen molar-refractivity contribution >= 4 is 23.2 Å². The van der Waals surface area contributed by atoms with Gasteiger partial charge in [-0.1, -0.05) is 12.1 Å². The van der Waals surface area contributed by atoms with E-state index in [0.717, 1.165) is 11.4 Å². The van der Waals surface area contributed by atoms with Crippen molar-refractivity contribution < 1.29 is 9.90 Å². The Morgan fingerprint density at radius 1 is 1.26 bits per heavy atom. The number of carboxylic acids is 1. The third kappa shape index (κ3) is 3.01. The number of hydrogen-bond acceptors (Lipinski definition) is 4. The molecule has 5 nitrogen and oxygen atoms in total. The van der Waals surface area contributed by atoms with Crippen LogP contribution in [0.1, 0.15) is 10.4 Å². The maximum absolute atomic E-state index is 10.9. The van der Waals surface area contributed by atoms with Crippen LogP contribution in [0, 0.1) is 0 Å². The molecule has 2 rings (SSSR count). The Labute approximate surface area is 111 Å². The molecular weight excluding hydrogens is 242 g/mol. The standard InChI is InChI=1S/C14H15N3O2/c1-17(2)12-6-4-3-5-11(12)16-13-9-10(14(18)19)7-8-15-13/h3-9H,1-2H3,(H,15,16)(H,18,19). The highest BCUT2D eigenvalue weighted by molar-refractivity contribution is 5.88. The molecule has 0 saturated heterocycles. The van der Waals surface area contributed by atoms with Gasteiger partial charge in [-0.3, -0.25) is 0 Å². The molecule has 0 saturated carbocycles. The van der Waals surface area contributed by atoms with Gasteiger partial charge in [0, 0.05) is 20.3 Å². The monoisotopic (exact) mass is 257 g/mol. The van der Waals surface area contributed by atoms with Gasteiger partial charge in [-0.2, -0.15) is 0 Å². The number of anilines is 3. The largest absolute Gasteiger partial charge is 0.478 e. The van der Waals surface area contributed by atoms with E-state index in [1.54, 1.807) is 0 Å². The summed E-state index contributed by atoms with van der Waals surface area (Å²) >= 11 is 0. The Balaban J connectivity index is 2.31. The van der Waals surface area contributed by atoms with Crippen molar-refractivity contribution in [3.63, 3.8) is 0 Å². The summed E-state index contributed by atoms with van der Waals surface area (Å²) in [7, 11) is 3.89. The van der Waals surface area contributed by atoms with Gasteiger partial charge in [0.1, 0.15) is 5.82 Å². The Hall–Kier alpha value is -2.56. The fourth-order valence-corrected chi connectivity index (χ4v) is 1.74. The molecule has 0 spiro atoms. The van der Waals surface area contributed by atoms with Gasteiger partial charge in [0.2, 0.25) is 0 Å². The van der Waals surface area contributed by atoms with Crippen molar-refractivity contribution in [2.75, 3.05) is 24.3 Å². The summed E-state index contributed by atoms with van der Waals surface area (Å²) in [6, 6.07) is 10.7. The second kappa shape index (κ2) is 5.39. The van der Waals surface area contributed by atoms with E-state index in [-0.39, 0.29) is 5.56 Å². The summed E-state index contributed by atoms with van der Waals surface area (Å²) in [5, 5.41) is 12.1. The number of rotatable bonds is 4. The van der Waals surface area contributed by atoms with Crippen LogP contribution in [0.25, 0.3) is 0 Å². The zero-order chi connectivity index (χ0) is 13.8. The Bertz CT molecular complexity index is 597. The van der Waals surface area contributed by atoms with Crippen molar-refractivity contribution in [1.82, 2.24) is 4.98 Å². The lowest BCUT2D eigenvalue weighted by Gasteiger charge is -2.18. The molecule has 0 radical (unpaired) electrons. The van der Waals surface area contributed by atoms with E-state index in [4.69, 9.17) is 5.11 Å². The molecule has 0 aliphatic heterocycles. The molecule has 0 amide bonds. The number of para-hydroxylation sites is 2. The Morgan fingerprint density at radius 2 is 2.00 bits per heavy atom. The summed E-state index contributed by atoms with van der Waals surface area (Å²) in [6.07, 6.45) is 1.48. The zero-order valence-electron chi connectivity index (χ0n) is 10.8. The van der Waals surface area contributed by atoms with Crippen LogP contribution in [-0.4, -0.2) is 30.2 Å². The minimum Gasteiger partial charge on any atom is -0.478 e. The predicted molar refractivity (Wildman–Crippen MR) is 75.2 cm³/mol. The highest BCUT2D eigenvalue weighted by atomic mass is 16.4. The van der Waals surface area contributed by atoms with Crippen LogP contribution in [-0.2, 0) is 0 Å². The number of hydrogen-bond donors (Lipinski definition) is 2. The minimum absolute atomic E-state index is 0.208. The molecule has 0 aliphatic rings. The number of nitrogens with zero attached hydrogens (tertiary/aromatic N) is 2. The molecule has 1 aromatic carbocycles. The van der Waals surface area contributed by atoms with Gasteiger partial charge in [-0.05, 0) is 24.3 Å². The lowest BCUT2D eigenvalue weighted by molar-refractivity contribution is 0.0697. The average Bonchev–Trinajstić information content (AvgIpc) is 2.39. The molecule has 2 aromatic rings. The van der Waals surface area contributed by atoms with Crippen molar-refractivity contribution in [3.8, 4) is 0 Å². The van der Waals surface area contributed by atoms with Gasteiger partial charge in [-0.25, -0.2) is 9.78 Å². The molecule has 0 unspecified atom stereocenters. The molecular formula is C14H15N3O2. The predicted octanol–water partition coefficient (Wildman–Crippen LogP) is 2.59. The number of benzene rings is 1. The SMILES string of the molecule is CN(C)c1ccccc1Nc1cc(C(=O)O)ccn1. The van der Waals surface area contributed by atoms with Gasteiger partial charge >= 0.3 is 5.97 Å². The summed E-state index contributed by atoms with van der Waals surface area (Å²) in [5.41, 5.74) is 2.09. The summed E-state index contributed by atoms with van der Waals surface area (Å²) in [6.45, 7) is 0. The third-order valence-electron chi connectivity index (χ3n) is 2.66. The van der Waals surface area contributed by atoms with E-state index >= 15 is 0 Å². The van der Waals surface area contributed by atoms with Crippen molar-refractivity contribution in [2.45, 2.75) is 0 Å². The second-order valence-corrected chi connectivity index (χ2v) is 4.27. The van der Waals surface area contributed by atoms with Crippen LogP contribution in [0.4, 0.5) is 17.2 Å². The summed E-state index contributed by atoms with van der Waals surface area (Å²) < 4.78 is 0. The molecule has 98 valence electrons. The second-order valence-electron chi connectivity index (χ2n) is 4.27. The fraction of sp³-hybridized carbons (Fsp3) is 0.143. The average molecular weight is 257 g/mol. The molecule has 5 heteroatoms. The van der Waals surface area contributed by atoms with Crippen molar-refractivity contribution in [1.29, 1.82) is 0 Å². The lowest BCUT2D eigenvalue weighted by atomic mass is 10.2.